The molecule has 0 spiro atoms. The minimum Gasteiger partial charge on any atom is -0.508 e. The molecule has 78 valence electrons. The number of hydrogen-bond donors (Lipinski definition) is 3. The lowest BCUT2D eigenvalue weighted by Crippen LogP contribution is -2.34. The molecule has 0 aliphatic carbocycles. The van der Waals surface area contributed by atoms with Crippen LogP contribution in [0.2, 0.25) is 0 Å². The molecule has 1 atom stereocenters. The number of benzene rings is 1. The van der Waals surface area contributed by atoms with Gasteiger partial charge in [-0.1, -0.05) is 17.7 Å². The van der Waals surface area contributed by atoms with Gasteiger partial charge in [-0.3, -0.25) is 0 Å². The average Bonchev–Trinajstić information content (AvgIpc) is 2.09. The molecule has 1 aromatic rings. The van der Waals surface area contributed by atoms with Gasteiger partial charge in [-0.05, 0) is 26.3 Å². The highest BCUT2D eigenvalue weighted by molar-refractivity contribution is 5.40. The van der Waals surface area contributed by atoms with Crippen LogP contribution in [-0.2, 0) is 5.54 Å². The van der Waals surface area contributed by atoms with Crippen molar-refractivity contribution in [2.24, 2.45) is 5.73 Å². The Morgan fingerprint density at radius 3 is 2.64 bits per heavy atom. The number of aromatic hydroxyl groups is 1. The summed E-state index contributed by atoms with van der Waals surface area (Å²) >= 11 is 0. The quantitative estimate of drug-likeness (QED) is 0.680. The first-order valence-corrected chi connectivity index (χ1v) is 4.67. The van der Waals surface area contributed by atoms with Crippen LogP contribution in [0.4, 0.5) is 0 Å². The molecule has 0 saturated heterocycles. The lowest BCUT2D eigenvalue weighted by molar-refractivity contribution is 0.245. The first-order chi connectivity index (χ1) is 6.47. The maximum atomic E-state index is 9.64. The van der Waals surface area contributed by atoms with Crippen molar-refractivity contribution in [2.45, 2.75) is 25.8 Å². The molecular weight excluding hydrogens is 178 g/mol. The van der Waals surface area contributed by atoms with Gasteiger partial charge in [-0.25, -0.2) is 0 Å². The Kier molecular flexibility index (Phi) is 3.13. The number of nitrogens with two attached hydrogens (primary N) is 1. The molecule has 4 N–H and O–H groups in total. The van der Waals surface area contributed by atoms with Gasteiger partial charge >= 0.3 is 0 Å². The van der Waals surface area contributed by atoms with Gasteiger partial charge in [0.2, 0.25) is 0 Å². The van der Waals surface area contributed by atoms with E-state index < -0.39 is 5.54 Å². The molecule has 3 nitrogen and oxygen atoms in total. The summed E-state index contributed by atoms with van der Waals surface area (Å²) in [6.07, 6.45) is 0.435. The third-order valence-corrected chi connectivity index (χ3v) is 2.40. The molecule has 0 saturated carbocycles. The first kappa shape index (κ1) is 11.0. The molecule has 0 bridgehead atoms. The highest BCUT2D eigenvalue weighted by Crippen LogP contribution is 2.30. The standard InChI is InChI=1S/C11H17NO2/c1-8-3-4-10(14)9(7-8)11(2,12)5-6-13/h3-4,7,13-14H,5-6,12H2,1-2H3/t11-/m0/s1. The third kappa shape index (κ3) is 2.25. The van der Waals surface area contributed by atoms with E-state index in [9.17, 15) is 5.11 Å². The Labute approximate surface area is 84.2 Å². The van der Waals surface area contributed by atoms with Gasteiger partial charge in [-0.15, -0.1) is 0 Å². The van der Waals surface area contributed by atoms with Crippen molar-refractivity contribution in [3.05, 3.63) is 29.3 Å². The summed E-state index contributed by atoms with van der Waals surface area (Å²) in [5.74, 6) is 0.189. The molecule has 1 rings (SSSR count). The maximum Gasteiger partial charge on any atom is 0.120 e. The number of hydrogen-bond acceptors (Lipinski definition) is 3. The van der Waals surface area contributed by atoms with Gasteiger partial charge < -0.3 is 15.9 Å². The van der Waals surface area contributed by atoms with Crippen LogP contribution in [0.15, 0.2) is 18.2 Å². The number of aryl methyl sites for hydroxylation is 1. The van der Waals surface area contributed by atoms with Crippen molar-refractivity contribution < 1.29 is 10.2 Å². The number of aliphatic hydroxyl groups excluding tert-OH is 1. The second-order valence-electron chi connectivity index (χ2n) is 3.91. The summed E-state index contributed by atoms with van der Waals surface area (Å²) in [4.78, 5) is 0. The van der Waals surface area contributed by atoms with Crippen LogP contribution in [0.1, 0.15) is 24.5 Å². The van der Waals surface area contributed by atoms with E-state index in [1.54, 1.807) is 13.0 Å². The van der Waals surface area contributed by atoms with Crippen molar-refractivity contribution in [1.29, 1.82) is 0 Å². The largest absolute Gasteiger partial charge is 0.508 e. The number of phenolic OH excluding ortho intramolecular Hbond substituents is 1. The van der Waals surface area contributed by atoms with Gasteiger partial charge in [-0.2, -0.15) is 0 Å². The van der Waals surface area contributed by atoms with Crippen LogP contribution in [0.3, 0.4) is 0 Å². The second-order valence-corrected chi connectivity index (χ2v) is 3.91. The lowest BCUT2D eigenvalue weighted by Gasteiger charge is -2.25. The molecule has 1 aromatic carbocycles. The zero-order valence-electron chi connectivity index (χ0n) is 8.62. The van der Waals surface area contributed by atoms with E-state index in [0.29, 0.717) is 12.0 Å². The Hall–Kier alpha value is -1.06. The topological polar surface area (TPSA) is 66.5 Å². The van der Waals surface area contributed by atoms with E-state index in [4.69, 9.17) is 10.8 Å². The maximum absolute atomic E-state index is 9.64. The predicted molar refractivity (Wildman–Crippen MR) is 56.1 cm³/mol. The fraction of sp³-hybridized carbons (Fsp3) is 0.455. The van der Waals surface area contributed by atoms with Gasteiger partial charge in [0.1, 0.15) is 5.75 Å². The molecule has 3 heteroatoms. The molecule has 0 aliphatic rings. The fourth-order valence-corrected chi connectivity index (χ4v) is 1.47. The number of phenols is 1. The second kappa shape index (κ2) is 3.98. The third-order valence-electron chi connectivity index (χ3n) is 2.40. The van der Waals surface area contributed by atoms with Crippen molar-refractivity contribution in [1.82, 2.24) is 0 Å². The molecule has 0 heterocycles. The first-order valence-electron chi connectivity index (χ1n) is 4.67. The average molecular weight is 195 g/mol. The zero-order chi connectivity index (χ0) is 10.8. The van der Waals surface area contributed by atoms with Crippen LogP contribution < -0.4 is 5.73 Å². The van der Waals surface area contributed by atoms with E-state index in [0.717, 1.165) is 5.56 Å². The van der Waals surface area contributed by atoms with Gasteiger partial charge in [0.05, 0.1) is 0 Å². The Morgan fingerprint density at radius 2 is 2.07 bits per heavy atom. The van der Waals surface area contributed by atoms with Crippen LogP contribution in [-0.4, -0.2) is 16.8 Å². The Morgan fingerprint density at radius 1 is 1.43 bits per heavy atom. The normalized spacial score (nSPS) is 15.1. The van der Waals surface area contributed by atoms with E-state index in [1.807, 2.05) is 19.1 Å². The summed E-state index contributed by atoms with van der Waals surface area (Å²) in [6.45, 7) is 3.76. The van der Waals surface area contributed by atoms with Crippen LogP contribution in [0, 0.1) is 6.92 Å². The lowest BCUT2D eigenvalue weighted by atomic mass is 9.88. The van der Waals surface area contributed by atoms with E-state index in [-0.39, 0.29) is 12.4 Å². The summed E-state index contributed by atoms with van der Waals surface area (Å²) in [6, 6.07) is 5.31. The predicted octanol–water partition coefficient (Wildman–Crippen LogP) is 1.26. The molecule has 14 heavy (non-hydrogen) atoms. The SMILES string of the molecule is Cc1ccc(O)c([C@@](C)(N)CCO)c1. The van der Waals surface area contributed by atoms with Gasteiger partial charge in [0.15, 0.2) is 0 Å². The minimum absolute atomic E-state index is 0.0143. The molecule has 0 amide bonds. The van der Waals surface area contributed by atoms with Crippen molar-refractivity contribution in [2.75, 3.05) is 6.61 Å². The fourth-order valence-electron chi connectivity index (χ4n) is 1.47. The summed E-state index contributed by atoms with van der Waals surface area (Å²) in [5, 5.41) is 18.5. The summed E-state index contributed by atoms with van der Waals surface area (Å²) in [7, 11) is 0. The summed E-state index contributed by atoms with van der Waals surface area (Å²) < 4.78 is 0. The van der Waals surface area contributed by atoms with E-state index >= 15 is 0 Å². The van der Waals surface area contributed by atoms with Crippen LogP contribution >= 0.6 is 0 Å². The molecule has 0 unspecified atom stereocenters. The Bertz CT molecular complexity index is 321. The highest BCUT2D eigenvalue weighted by atomic mass is 16.3. The van der Waals surface area contributed by atoms with Gasteiger partial charge in [0.25, 0.3) is 0 Å². The number of aliphatic hydroxyl groups is 1. The minimum atomic E-state index is -0.676. The van der Waals surface area contributed by atoms with Gasteiger partial charge in [0, 0.05) is 17.7 Å². The van der Waals surface area contributed by atoms with E-state index in [1.165, 1.54) is 0 Å². The van der Waals surface area contributed by atoms with Crippen LogP contribution in [0.25, 0.3) is 0 Å². The molecular formula is C11H17NO2. The smallest absolute Gasteiger partial charge is 0.120 e. The molecule has 0 aromatic heterocycles. The van der Waals surface area contributed by atoms with Crippen molar-refractivity contribution >= 4 is 0 Å². The molecule has 0 aliphatic heterocycles. The monoisotopic (exact) mass is 195 g/mol. The molecule has 0 fully saturated rings. The van der Waals surface area contributed by atoms with E-state index in [2.05, 4.69) is 0 Å². The Balaban J connectivity index is 3.10. The molecule has 0 radical (unpaired) electrons. The zero-order valence-corrected chi connectivity index (χ0v) is 8.62. The summed E-state index contributed by atoms with van der Waals surface area (Å²) in [5.41, 5.74) is 7.06. The van der Waals surface area contributed by atoms with Crippen molar-refractivity contribution in [3.8, 4) is 5.75 Å². The highest BCUT2D eigenvalue weighted by Gasteiger charge is 2.23. The van der Waals surface area contributed by atoms with Crippen LogP contribution in [0.5, 0.6) is 5.75 Å². The number of rotatable bonds is 3. The van der Waals surface area contributed by atoms with Crippen molar-refractivity contribution in [3.63, 3.8) is 0 Å².